The Morgan fingerprint density at radius 3 is 2.27 bits per heavy atom. The largest absolute Gasteiger partial charge is 0.493 e. The van der Waals surface area contributed by atoms with Gasteiger partial charge in [0.15, 0.2) is 0 Å². The van der Waals surface area contributed by atoms with Crippen LogP contribution in [0.3, 0.4) is 0 Å². The summed E-state index contributed by atoms with van der Waals surface area (Å²) in [6.07, 6.45) is 0. The Balaban J connectivity index is 2.43. The Hall–Kier alpha value is -1.76. The number of benzene rings is 2. The van der Waals surface area contributed by atoms with E-state index < -0.39 is 0 Å². The number of hydrogen-bond donors (Lipinski definition) is 0. The molecule has 2 aromatic carbocycles. The Morgan fingerprint density at radius 1 is 0.867 bits per heavy atom. The van der Waals surface area contributed by atoms with Crippen LogP contribution in [-0.4, -0.2) is 6.61 Å². The fraction of sp³-hybridized carbons (Fsp3) is 0.0714. The van der Waals surface area contributed by atoms with E-state index in [-0.39, 0.29) is 0 Å². The second-order valence-electron chi connectivity index (χ2n) is 3.21. The molecule has 0 amide bonds. The van der Waals surface area contributed by atoms with Crippen LogP contribution in [0.5, 0.6) is 5.75 Å². The highest BCUT2D eigenvalue weighted by Gasteiger charge is 2.03. The third kappa shape index (κ3) is 2.18. The molecule has 15 heavy (non-hydrogen) atoms. The van der Waals surface area contributed by atoms with Crippen molar-refractivity contribution in [2.45, 2.75) is 0 Å². The van der Waals surface area contributed by atoms with Crippen molar-refractivity contribution in [2.75, 3.05) is 6.61 Å². The molecule has 75 valence electrons. The molecule has 0 saturated carbocycles. The molecule has 0 aliphatic carbocycles. The second-order valence-corrected chi connectivity index (χ2v) is 3.21. The molecule has 0 aliphatic heterocycles. The lowest BCUT2D eigenvalue weighted by molar-refractivity contribution is 0.362. The molecule has 0 bridgehead atoms. The number of hydrogen-bond acceptors (Lipinski definition) is 1. The lowest BCUT2D eigenvalue weighted by Gasteiger charge is -2.09. The van der Waals surface area contributed by atoms with Crippen LogP contribution in [0.25, 0.3) is 11.1 Å². The SMILES string of the molecule is [CH2]COc1ccccc1-c1ccccc1. The van der Waals surface area contributed by atoms with Gasteiger partial charge in [0.25, 0.3) is 0 Å². The van der Waals surface area contributed by atoms with E-state index in [1.165, 1.54) is 5.56 Å². The molecule has 0 unspecified atom stereocenters. The zero-order chi connectivity index (χ0) is 10.5. The smallest absolute Gasteiger partial charge is 0.127 e. The quantitative estimate of drug-likeness (QED) is 0.731. The molecule has 0 aromatic heterocycles. The second kappa shape index (κ2) is 4.65. The Morgan fingerprint density at radius 2 is 1.53 bits per heavy atom. The van der Waals surface area contributed by atoms with Crippen molar-refractivity contribution in [3.05, 3.63) is 61.5 Å². The molecule has 0 spiro atoms. The molecule has 1 heteroatoms. The van der Waals surface area contributed by atoms with E-state index in [1.54, 1.807) is 0 Å². The van der Waals surface area contributed by atoms with Gasteiger partial charge in [-0.3, -0.25) is 0 Å². The molecule has 0 heterocycles. The molecule has 0 atom stereocenters. The van der Waals surface area contributed by atoms with E-state index in [0.717, 1.165) is 11.3 Å². The first-order valence-corrected chi connectivity index (χ1v) is 4.98. The van der Waals surface area contributed by atoms with Gasteiger partial charge in [0.1, 0.15) is 5.75 Å². The van der Waals surface area contributed by atoms with Crippen molar-refractivity contribution in [1.29, 1.82) is 0 Å². The Kier molecular flexibility index (Phi) is 3.03. The number of rotatable bonds is 3. The molecule has 0 N–H and O–H groups in total. The van der Waals surface area contributed by atoms with Crippen LogP contribution in [0.15, 0.2) is 54.6 Å². The molecule has 1 nitrogen and oxygen atoms in total. The first-order valence-electron chi connectivity index (χ1n) is 4.98. The van der Waals surface area contributed by atoms with Gasteiger partial charge >= 0.3 is 0 Å². The standard InChI is InChI=1S/C14H13O/c1-2-15-14-11-7-6-10-13(14)12-8-4-3-5-9-12/h3-11H,1-2H2. The van der Waals surface area contributed by atoms with Gasteiger partial charge in [0.2, 0.25) is 0 Å². The lowest BCUT2D eigenvalue weighted by atomic mass is 10.1. The predicted molar refractivity (Wildman–Crippen MR) is 62.7 cm³/mol. The van der Waals surface area contributed by atoms with Gasteiger partial charge in [-0.25, -0.2) is 0 Å². The third-order valence-corrected chi connectivity index (χ3v) is 2.23. The first-order chi connectivity index (χ1) is 7.42. The van der Waals surface area contributed by atoms with E-state index in [2.05, 4.69) is 25.1 Å². The average molecular weight is 197 g/mol. The van der Waals surface area contributed by atoms with Crippen molar-refractivity contribution in [1.82, 2.24) is 0 Å². The summed E-state index contributed by atoms with van der Waals surface area (Å²) < 4.78 is 5.48. The van der Waals surface area contributed by atoms with Crippen molar-refractivity contribution >= 4 is 0 Å². The van der Waals surface area contributed by atoms with E-state index in [1.807, 2.05) is 36.4 Å². The highest BCUT2D eigenvalue weighted by atomic mass is 16.5. The van der Waals surface area contributed by atoms with Crippen molar-refractivity contribution in [3.63, 3.8) is 0 Å². The molecular weight excluding hydrogens is 184 g/mol. The summed E-state index contributed by atoms with van der Waals surface area (Å²) in [4.78, 5) is 0. The predicted octanol–water partition coefficient (Wildman–Crippen LogP) is 3.57. The highest BCUT2D eigenvalue weighted by molar-refractivity contribution is 5.70. The topological polar surface area (TPSA) is 9.23 Å². The zero-order valence-electron chi connectivity index (χ0n) is 8.52. The normalized spacial score (nSPS) is 9.93. The van der Waals surface area contributed by atoms with Gasteiger partial charge in [0, 0.05) is 5.56 Å². The van der Waals surface area contributed by atoms with Crippen molar-refractivity contribution in [2.24, 2.45) is 0 Å². The van der Waals surface area contributed by atoms with Crippen LogP contribution in [0, 0.1) is 6.92 Å². The van der Waals surface area contributed by atoms with E-state index in [9.17, 15) is 0 Å². The van der Waals surface area contributed by atoms with Crippen LogP contribution in [-0.2, 0) is 0 Å². The average Bonchev–Trinajstić information content (AvgIpc) is 2.31. The van der Waals surface area contributed by atoms with Crippen LogP contribution in [0.4, 0.5) is 0 Å². The van der Waals surface area contributed by atoms with E-state index >= 15 is 0 Å². The number of ether oxygens (including phenoxy) is 1. The van der Waals surface area contributed by atoms with E-state index in [4.69, 9.17) is 4.74 Å². The maximum atomic E-state index is 5.48. The maximum Gasteiger partial charge on any atom is 0.127 e. The number of para-hydroxylation sites is 1. The van der Waals surface area contributed by atoms with Gasteiger partial charge in [-0.05, 0) is 18.6 Å². The summed E-state index contributed by atoms with van der Waals surface area (Å²) in [6.45, 7) is 4.14. The van der Waals surface area contributed by atoms with Gasteiger partial charge in [-0.1, -0.05) is 48.5 Å². The van der Waals surface area contributed by atoms with E-state index in [0.29, 0.717) is 6.61 Å². The van der Waals surface area contributed by atoms with Crippen molar-refractivity contribution < 1.29 is 4.74 Å². The summed E-state index contributed by atoms with van der Waals surface area (Å²) >= 11 is 0. The zero-order valence-corrected chi connectivity index (χ0v) is 8.52. The minimum absolute atomic E-state index is 0.448. The highest BCUT2D eigenvalue weighted by Crippen LogP contribution is 2.29. The van der Waals surface area contributed by atoms with Crippen LogP contribution in [0.1, 0.15) is 0 Å². The van der Waals surface area contributed by atoms with Crippen LogP contribution in [0.2, 0.25) is 0 Å². The summed E-state index contributed by atoms with van der Waals surface area (Å²) in [6, 6.07) is 18.2. The molecule has 2 rings (SSSR count). The molecule has 0 fully saturated rings. The molecule has 0 saturated heterocycles. The Labute approximate surface area is 90.3 Å². The first kappa shape index (κ1) is 9.78. The lowest BCUT2D eigenvalue weighted by Crippen LogP contribution is -1.93. The summed E-state index contributed by atoms with van der Waals surface area (Å²) in [5.41, 5.74) is 2.28. The molecular formula is C14H13O. The fourth-order valence-electron chi connectivity index (χ4n) is 1.56. The minimum Gasteiger partial charge on any atom is -0.493 e. The molecule has 1 radical (unpaired) electrons. The third-order valence-electron chi connectivity index (χ3n) is 2.23. The van der Waals surface area contributed by atoms with Gasteiger partial charge in [-0.2, -0.15) is 0 Å². The minimum atomic E-state index is 0.448. The maximum absolute atomic E-state index is 5.48. The fourth-order valence-corrected chi connectivity index (χ4v) is 1.56. The van der Waals surface area contributed by atoms with Gasteiger partial charge in [-0.15, -0.1) is 0 Å². The van der Waals surface area contributed by atoms with Gasteiger partial charge < -0.3 is 4.74 Å². The van der Waals surface area contributed by atoms with Crippen LogP contribution < -0.4 is 4.74 Å². The Bertz CT molecular complexity index is 420. The van der Waals surface area contributed by atoms with Crippen molar-refractivity contribution in [3.8, 4) is 16.9 Å². The summed E-state index contributed by atoms with van der Waals surface area (Å²) in [5.74, 6) is 0.888. The monoisotopic (exact) mass is 197 g/mol. The van der Waals surface area contributed by atoms with Gasteiger partial charge in [0.05, 0.1) is 6.61 Å². The summed E-state index contributed by atoms with van der Waals surface area (Å²) in [7, 11) is 0. The van der Waals surface area contributed by atoms with Crippen LogP contribution >= 0.6 is 0 Å². The molecule has 0 aliphatic rings. The summed E-state index contributed by atoms with van der Waals surface area (Å²) in [5, 5.41) is 0. The molecule has 2 aromatic rings.